The normalized spacial score (nSPS) is 14.6. The Kier molecular flexibility index (Phi) is 5.35. The lowest BCUT2D eigenvalue weighted by atomic mass is 10.2. The molecule has 2 aromatic rings. The van der Waals surface area contributed by atoms with Gasteiger partial charge in [0, 0.05) is 27.6 Å². The number of benzene rings is 2. The standard InChI is InChI=1S/C17H16Br2N2O2/c18-13-3-1-2-12(10-13)17(22)20-15-11-14(19)4-5-16(15)21-6-8-23-9-7-21/h1-5,10-11H,6-9H2,(H,20,22). The van der Waals surface area contributed by atoms with Crippen LogP contribution in [0.3, 0.4) is 0 Å². The third kappa shape index (κ3) is 4.13. The Hall–Kier alpha value is -1.37. The van der Waals surface area contributed by atoms with Gasteiger partial charge in [-0.15, -0.1) is 0 Å². The van der Waals surface area contributed by atoms with Gasteiger partial charge < -0.3 is 15.0 Å². The van der Waals surface area contributed by atoms with Crippen LogP contribution in [0.4, 0.5) is 11.4 Å². The Morgan fingerprint density at radius 1 is 1.04 bits per heavy atom. The Morgan fingerprint density at radius 3 is 2.52 bits per heavy atom. The van der Waals surface area contributed by atoms with Gasteiger partial charge in [-0.1, -0.05) is 37.9 Å². The van der Waals surface area contributed by atoms with Gasteiger partial charge in [0.15, 0.2) is 0 Å². The molecule has 0 atom stereocenters. The van der Waals surface area contributed by atoms with Gasteiger partial charge in [-0.25, -0.2) is 0 Å². The van der Waals surface area contributed by atoms with Crippen LogP contribution in [0.15, 0.2) is 51.4 Å². The predicted octanol–water partition coefficient (Wildman–Crippen LogP) is 4.30. The third-order valence-electron chi connectivity index (χ3n) is 3.65. The van der Waals surface area contributed by atoms with Crippen LogP contribution in [-0.4, -0.2) is 32.2 Å². The first-order valence-electron chi connectivity index (χ1n) is 7.32. The summed E-state index contributed by atoms with van der Waals surface area (Å²) < 4.78 is 7.22. The SMILES string of the molecule is O=C(Nc1cc(Br)ccc1N1CCOCC1)c1cccc(Br)c1. The molecule has 6 heteroatoms. The summed E-state index contributed by atoms with van der Waals surface area (Å²) in [7, 11) is 0. The maximum absolute atomic E-state index is 12.5. The van der Waals surface area contributed by atoms with Gasteiger partial charge in [0.2, 0.25) is 0 Å². The molecule has 2 aromatic carbocycles. The van der Waals surface area contributed by atoms with Crippen LogP contribution < -0.4 is 10.2 Å². The van der Waals surface area contributed by atoms with E-state index < -0.39 is 0 Å². The summed E-state index contributed by atoms with van der Waals surface area (Å²) in [6.45, 7) is 3.05. The fourth-order valence-corrected chi connectivity index (χ4v) is 3.27. The topological polar surface area (TPSA) is 41.6 Å². The molecule has 1 aliphatic heterocycles. The first-order chi connectivity index (χ1) is 11.1. The molecule has 1 heterocycles. The van der Waals surface area contributed by atoms with Crippen molar-refractivity contribution in [2.45, 2.75) is 0 Å². The molecule has 0 aromatic heterocycles. The van der Waals surface area contributed by atoms with E-state index in [0.29, 0.717) is 18.8 Å². The molecule has 0 bridgehead atoms. The second kappa shape index (κ2) is 7.47. The summed E-state index contributed by atoms with van der Waals surface area (Å²) in [5.74, 6) is -0.126. The number of nitrogens with zero attached hydrogens (tertiary/aromatic N) is 1. The van der Waals surface area contributed by atoms with Gasteiger partial charge in [0.25, 0.3) is 5.91 Å². The van der Waals surface area contributed by atoms with Crippen molar-refractivity contribution in [2.75, 3.05) is 36.5 Å². The molecule has 0 unspecified atom stereocenters. The fraction of sp³-hybridized carbons (Fsp3) is 0.235. The number of halogens is 2. The molecule has 1 saturated heterocycles. The van der Waals surface area contributed by atoms with Crippen LogP contribution >= 0.6 is 31.9 Å². The first kappa shape index (κ1) is 16.5. The minimum Gasteiger partial charge on any atom is -0.378 e. The van der Waals surface area contributed by atoms with E-state index in [1.54, 1.807) is 6.07 Å². The zero-order valence-corrected chi connectivity index (χ0v) is 15.6. The first-order valence-corrected chi connectivity index (χ1v) is 8.91. The molecule has 1 amide bonds. The zero-order valence-electron chi connectivity index (χ0n) is 12.4. The van der Waals surface area contributed by atoms with E-state index in [1.165, 1.54) is 0 Å². The van der Waals surface area contributed by atoms with Crippen molar-refractivity contribution >= 4 is 49.1 Å². The number of carbonyl (C=O) groups excluding carboxylic acids is 1. The summed E-state index contributed by atoms with van der Waals surface area (Å²) in [6, 6.07) is 13.3. The number of hydrogen-bond donors (Lipinski definition) is 1. The molecule has 0 aliphatic carbocycles. The summed E-state index contributed by atoms with van der Waals surface area (Å²) in [5, 5.41) is 3.02. The Balaban J connectivity index is 1.86. The molecule has 1 fully saturated rings. The Morgan fingerprint density at radius 2 is 1.78 bits per heavy atom. The lowest BCUT2D eigenvalue weighted by molar-refractivity contribution is 0.102. The molecule has 0 spiro atoms. The maximum atomic E-state index is 12.5. The van der Waals surface area contributed by atoms with E-state index in [1.807, 2.05) is 36.4 Å². The number of nitrogens with one attached hydrogen (secondary N) is 1. The molecule has 1 N–H and O–H groups in total. The zero-order chi connectivity index (χ0) is 16.2. The van der Waals surface area contributed by atoms with Gasteiger partial charge >= 0.3 is 0 Å². The van der Waals surface area contributed by atoms with Crippen LogP contribution in [-0.2, 0) is 4.74 Å². The van der Waals surface area contributed by atoms with Crippen LogP contribution in [0.25, 0.3) is 0 Å². The van der Waals surface area contributed by atoms with E-state index in [-0.39, 0.29) is 5.91 Å². The number of amides is 1. The second-order valence-electron chi connectivity index (χ2n) is 5.23. The fourth-order valence-electron chi connectivity index (χ4n) is 2.51. The van der Waals surface area contributed by atoms with Gasteiger partial charge in [-0.3, -0.25) is 4.79 Å². The number of ether oxygens (including phenoxy) is 1. The van der Waals surface area contributed by atoms with Crippen molar-refractivity contribution in [2.24, 2.45) is 0 Å². The molecule has 120 valence electrons. The van der Waals surface area contributed by atoms with Crippen molar-refractivity contribution < 1.29 is 9.53 Å². The van der Waals surface area contributed by atoms with E-state index in [4.69, 9.17) is 4.74 Å². The molecule has 23 heavy (non-hydrogen) atoms. The van der Waals surface area contributed by atoms with Crippen molar-refractivity contribution in [3.8, 4) is 0 Å². The van der Waals surface area contributed by atoms with E-state index in [2.05, 4.69) is 42.1 Å². The Labute approximate surface area is 152 Å². The molecule has 4 nitrogen and oxygen atoms in total. The second-order valence-corrected chi connectivity index (χ2v) is 7.06. The average Bonchev–Trinajstić information content (AvgIpc) is 2.56. The summed E-state index contributed by atoms with van der Waals surface area (Å²) in [6.07, 6.45) is 0. The maximum Gasteiger partial charge on any atom is 0.255 e. The summed E-state index contributed by atoms with van der Waals surface area (Å²) in [5.41, 5.74) is 2.43. The minimum atomic E-state index is -0.126. The molecule has 0 saturated carbocycles. The largest absolute Gasteiger partial charge is 0.378 e. The van der Waals surface area contributed by atoms with E-state index in [0.717, 1.165) is 33.4 Å². The van der Waals surface area contributed by atoms with Crippen LogP contribution in [0.5, 0.6) is 0 Å². The number of carbonyl (C=O) groups is 1. The molecule has 0 radical (unpaired) electrons. The molecule has 3 rings (SSSR count). The Bertz CT molecular complexity index is 715. The van der Waals surface area contributed by atoms with Crippen LogP contribution in [0, 0.1) is 0 Å². The highest BCUT2D eigenvalue weighted by Gasteiger charge is 2.17. The van der Waals surface area contributed by atoms with Crippen molar-refractivity contribution in [1.29, 1.82) is 0 Å². The van der Waals surface area contributed by atoms with Crippen molar-refractivity contribution in [1.82, 2.24) is 0 Å². The summed E-state index contributed by atoms with van der Waals surface area (Å²) >= 11 is 6.87. The third-order valence-corrected chi connectivity index (χ3v) is 4.63. The quantitative estimate of drug-likeness (QED) is 0.775. The van der Waals surface area contributed by atoms with Gasteiger partial charge in [-0.05, 0) is 36.4 Å². The van der Waals surface area contributed by atoms with Crippen LogP contribution in [0.1, 0.15) is 10.4 Å². The van der Waals surface area contributed by atoms with Crippen molar-refractivity contribution in [3.05, 3.63) is 57.0 Å². The van der Waals surface area contributed by atoms with Gasteiger partial charge in [0.1, 0.15) is 0 Å². The molecular formula is C17H16Br2N2O2. The van der Waals surface area contributed by atoms with Crippen LogP contribution in [0.2, 0.25) is 0 Å². The van der Waals surface area contributed by atoms with Gasteiger partial charge in [-0.2, -0.15) is 0 Å². The highest BCUT2D eigenvalue weighted by Crippen LogP contribution is 2.30. The minimum absolute atomic E-state index is 0.126. The predicted molar refractivity (Wildman–Crippen MR) is 99.3 cm³/mol. The highest BCUT2D eigenvalue weighted by atomic mass is 79.9. The van der Waals surface area contributed by atoms with Gasteiger partial charge in [0.05, 0.1) is 24.6 Å². The number of anilines is 2. The molecule has 1 aliphatic rings. The number of morpholine rings is 1. The smallest absolute Gasteiger partial charge is 0.255 e. The highest BCUT2D eigenvalue weighted by molar-refractivity contribution is 9.10. The van der Waals surface area contributed by atoms with Crippen molar-refractivity contribution in [3.63, 3.8) is 0 Å². The monoisotopic (exact) mass is 438 g/mol. The van der Waals surface area contributed by atoms with E-state index >= 15 is 0 Å². The number of hydrogen-bond acceptors (Lipinski definition) is 3. The summed E-state index contributed by atoms with van der Waals surface area (Å²) in [4.78, 5) is 14.8. The lowest BCUT2D eigenvalue weighted by Crippen LogP contribution is -2.36. The van der Waals surface area contributed by atoms with E-state index in [9.17, 15) is 4.79 Å². The lowest BCUT2D eigenvalue weighted by Gasteiger charge is -2.30. The number of rotatable bonds is 3. The average molecular weight is 440 g/mol. The molecular weight excluding hydrogens is 424 g/mol.